The van der Waals surface area contributed by atoms with E-state index in [1.807, 2.05) is 24.3 Å². The average Bonchev–Trinajstić information content (AvgIpc) is 2.52. The maximum atomic E-state index is 10.0. The summed E-state index contributed by atoms with van der Waals surface area (Å²) in [5.74, 6) is 0.868. The Morgan fingerprint density at radius 3 is 2.05 bits per heavy atom. The second kappa shape index (κ2) is 7.65. The van der Waals surface area contributed by atoms with Crippen LogP contribution in [0.3, 0.4) is 0 Å². The summed E-state index contributed by atoms with van der Waals surface area (Å²) < 4.78 is 5.13. The summed E-state index contributed by atoms with van der Waals surface area (Å²) in [7, 11) is 1.66. The van der Waals surface area contributed by atoms with Crippen molar-refractivity contribution in [2.45, 2.75) is 31.8 Å². The van der Waals surface area contributed by atoms with Gasteiger partial charge >= 0.3 is 0 Å². The Morgan fingerprint density at radius 2 is 1.50 bits per heavy atom. The summed E-state index contributed by atoms with van der Waals surface area (Å²) in [6.07, 6.45) is 6.69. The topological polar surface area (TPSA) is 42.4 Å². The molecule has 1 aromatic heterocycles. The Hall–Kier alpha value is -1.87. The molecule has 0 radical (unpaired) electrons. The molecular formula is C17H21NO2. The van der Waals surface area contributed by atoms with Crippen LogP contribution in [-0.2, 0) is 12.8 Å². The van der Waals surface area contributed by atoms with Gasteiger partial charge in [0.15, 0.2) is 0 Å². The van der Waals surface area contributed by atoms with E-state index >= 15 is 0 Å². The maximum absolute atomic E-state index is 10.0. The molecule has 1 N–H and O–H groups in total. The van der Waals surface area contributed by atoms with E-state index in [0.717, 1.165) is 31.4 Å². The molecule has 0 aliphatic rings. The summed E-state index contributed by atoms with van der Waals surface area (Å²) in [5.41, 5.74) is 2.46. The fourth-order valence-corrected chi connectivity index (χ4v) is 2.15. The molecule has 20 heavy (non-hydrogen) atoms. The van der Waals surface area contributed by atoms with Gasteiger partial charge in [0.1, 0.15) is 5.75 Å². The smallest absolute Gasteiger partial charge is 0.118 e. The number of aromatic nitrogens is 1. The highest BCUT2D eigenvalue weighted by Gasteiger charge is 2.05. The molecule has 0 aliphatic carbocycles. The molecule has 0 spiro atoms. The molecule has 106 valence electrons. The molecule has 0 saturated heterocycles. The summed E-state index contributed by atoms with van der Waals surface area (Å²) in [6.45, 7) is 0. The van der Waals surface area contributed by atoms with Gasteiger partial charge in [0, 0.05) is 12.4 Å². The van der Waals surface area contributed by atoms with Gasteiger partial charge in [-0.25, -0.2) is 0 Å². The number of nitrogens with zero attached hydrogens (tertiary/aromatic N) is 1. The van der Waals surface area contributed by atoms with Crippen molar-refractivity contribution in [1.82, 2.24) is 4.98 Å². The third kappa shape index (κ3) is 4.67. The fraction of sp³-hybridized carbons (Fsp3) is 0.353. The second-order valence-electron chi connectivity index (χ2n) is 4.93. The minimum absolute atomic E-state index is 0.259. The molecule has 3 nitrogen and oxygen atoms in total. The van der Waals surface area contributed by atoms with Gasteiger partial charge in [-0.15, -0.1) is 0 Å². The minimum Gasteiger partial charge on any atom is -0.497 e. The number of hydrogen-bond acceptors (Lipinski definition) is 3. The molecule has 0 bridgehead atoms. The van der Waals surface area contributed by atoms with Gasteiger partial charge in [-0.2, -0.15) is 0 Å². The number of rotatable bonds is 7. The number of aryl methyl sites for hydroxylation is 2. The van der Waals surface area contributed by atoms with Crippen molar-refractivity contribution in [3.63, 3.8) is 0 Å². The third-order valence-electron chi connectivity index (χ3n) is 3.44. The van der Waals surface area contributed by atoms with Crippen LogP contribution in [0.4, 0.5) is 0 Å². The predicted molar refractivity (Wildman–Crippen MR) is 79.9 cm³/mol. The van der Waals surface area contributed by atoms with Crippen molar-refractivity contribution < 1.29 is 9.84 Å². The lowest BCUT2D eigenvalue weighted by Crippen LogP contribution is -2.09. The van der Waals surface area contributed by atoms with Crippen molar-refractivity contribution in [1.29, 1.82) is 0 Å². The van der Waals surface area contributed by atoms with Gasteiger partial charge < -0.3 is 9.84 Å². The lowest BCUT2D eigenvalue weighted by molar-refractivity contribution is 0.155. The van der Waals surface area contributed by atoms with E-state index in [0.29, 0.717) is 0 Å². The van der Waals surface area contributed by atoms with Crippen LogP contribution < -0.4 is 4.74 Å². The van der Waals surface area contributed by atoms with Crippen LogP contribution in [0.1, 0.15) is 24.0 Å². The second-order valence-corrected chi connectivity index (χ2v) is 4.93. The van der Waals surface area contributed by atoms with Gasteiger partial charge in [-0.1, -0.05) is 12.1 Å². The highest BCUT2D eigenvalue weighted by atomic mass is 16.5. The van der Waals surface area contributed by atoms with Gasteiger partial charge in [0.2, 0.25) is 0 Å². The number of pyridine rings is 1. The summed E-state index contributed by atoms with van der Waals surface area (Å²) >= 11 is 0. The van der Waals surface area contributed by atoms with Crippen LogP contribution in [0.25, 0.3) is 0 Å². The number of benzene rings is 1. The number of hydrogen-bond donors (Lipinski definition) is 1. The van der Waals surface area contributed by atoms with Crippen molar-refractivity contribution in [2.24, 2.45) is 0 Å². The Morgan fingerprint density at radius 1 is 0.950 bits per heavy atom. The van der Waals surface area contributed by atoms with Crippen LogP contribution >= 0.6 is 0 Å². The van der Waals surface area contributed by atoms with Gasteiger partial charge in [-0.05, 0) is 61.1 Å². The molecular weight excluding hydrogens is 250 g/mol. The number of aliphatic hydroxyl groups is 1. The first kappa shape index (κ1) is 14.5. The molecule has 2 aromatic rings. The van der Waals surface area contributed by atoms with Crippen molar-refractivity contribution >= 4 is 0 Å². The first-order chi connectivity index (χ1) is 9.78. The van der Waals surface area contributed by atoms with E-state index in [1.54, 1.807) is 19.5 Å². The van der Waals surface area contributed by atoms with Crippen LogP contribution in [0, 0.1) is 0 Å². The van der Waals surface area contributed by atoms with Crippen molar-refractivity contribution in [2.75, 3.05) is 7.11 Å². The summed E-state index contributed by atoms with van der Waals surface area (Å²) in [5, 5.41) is 10.0. The van der Waals surface area contributed by atoms with Crippen LogP contribution in [0.5, 0.6) is 5.75 Å². The quantitative estimate of drug-likeness (QED) is 0.841. The first-order valence-corrected chi connectivity index (χ1v) is 6.98. The predicted octanol–water partition coefficient (Wildman–Crippen LogP) is 3.02. The van der Waals surface area contributed by atoms with Gasteiger partial charge in [0.25, 0.3) is 0 Å². The lowest BCUT2D eigenvalue weighted by atomic mass is 10.0. The lowest BCUT2D eigenvalue weighted by Gasteiger charge is -2.10. The van der Waals surface area contributed by atoms with E-state index in [2.05, 4.69) is 17.1 Å². The Kier molecular flexibility index (Phi) is 5.56. The monoisotopic (exact) mass is 271 g/mol. The Balaban J connectivity index is 1.73. The number of ether oxygens (including phenoxy) is 1. The van der Waals surface area contributed by atoms with Crippen LogP contribution in [-0.4, -0.2) is 23.3 Å². The standard InChI is InChI=1S/C17H21NO2/c1-20-17-8-4-14(5-9-17)2-6-16(19)7-3-15-10-12-18-13-11-15/h4-5,8-13,16,19H,2-3,6-7H2,1H3. The highest BCUT2D eigenvalue weighted by molar-refractivity contribution is 5.27. The molecule has 2 rings (SSSR count). The maximum Gasteiger partial charge on any atom is 0.118 e. The molecule has 0 aliphatic heterocycles. The third-order valence-corrected chi connectivity index (χ3v) is 3.44. The molecule has 0 saturated carbocycles. The highest BCUT2D eigenvalue weighted by Crippen LogP contribution is 2.14. The zero-order valence-corrected chi connectivity index (χ0v) is 11.8. The van der Waals surface area contributed by atoms with Crippen LogP contribution in [0.2, 0.25) is 0 Å². The molecule has 1 unspecified atom stereocenters. The SMILES string of the molecule is COc1ccc(CCC(O)CCc2ccncc2)cc1. The normalized spacial score (nSPS) is 12.1. The Bertz CT molecular complexity index is 496. The zero-order valence-electron chi connectivity index (χ0n) is 11.8. The number of methoxy groups -OCH3 is 1. The van der Waals surface area contributed by atoms with Gasteiger partial charge in [0.05, 0.1) is 13.2 Å². The summed E-state index contributed by atoms with van der Waals surface area (Å²) in [6, 6.07) is 12.0. The summed E-state index contributed by atoms with van der Waals surface area (Å²) in [4.78, 5) is 3.99. The van der Waals surface area contributed by atoms with E-state index in [1.165, 1.54) is 11.1 Å². The molecule has 1 heterocycles. The molecule has 0 fully saturated rings. The van der Waals surface area contributed by atoms with E-state index in [9.17, 15) is 5.11 Å². The molecule has 1 aromatic carbocycles. The fourth-order valence-electron chi connectivity index (χ4n) is 2.15. The first-order valence-electron chi connectivity index (χ1n) is 6.98. The molecule has 1 atom stereocenters. The molecule has 3 heteroatoms. The van der Waals surface area contributed by atoms with Crippen molar-refractivity contribution in [3.05, 3.63) is 59.9 Å². The largest absolute Gasteiger partial charge is 0.497 e. The van der Waals surface area contributed by atoms with Crippen LogP contribution in [0.15, 0.2) is 48.8 Å². The minimum atomic E-state index is -0.259. The van der Waals surface area contributed by atoms with E-state index in [-0.39, 0.29) is 6.10 Å². The van der Waals surface area contributed by atoms with Crippen molar-refractivity contribution in [3.8, 4) is 5.75 Å². The van der Waals surface area contributed by atoms with E-state index < -0.39 is 0 Å². The Labute approximate surface area is 120 Å². The van der Waals surface area contributed by atoms with E-state index in [4.69, 9.17) is 4.74 Å². The average molecular weight is 271 g/mol. The zero-order chi connectivity index (χ0) is 14.2. The van der Waals surface area contributed by atoms with Gasteiger partial charge in [-0.3, -0.25) is 4.98 Å². The number of aliphatic hydroxyl groups excluding tert-OH is 1. The molecule has 0 amide bonds.